The van der Waals surface area contributed by atoms with Gasteiger partial charge in [0.1, 0.15) is 5.65 Å². The Morgan fingerprint density at radius 3 is 2.71 bits per heavy atom. The molecular formula is C18H15N3O3. The molecule has 0 spiro atoms. The van der Waals surface area contributed by atoms with Crippen molar-refractivity contribution < 1.29 is 14.7 Å². The molecule has 1 atom stereocenters. The van der Waals surface area contributed by atoms with Gasteiger partial charge >= 0.3 is 0 Å². The number of imide groups is 1. The monoisotopic (exact) mass is 321 g/mol. The van der Waals surface area contributed by atoms with E-state index in [0.717, 1.165) is 46.7 Å². The fourth-order valence-electron chi connectivity index (χ4n) is 4.08. The highest BCUT2D eigenvalue weighted by molar-refractivity contribution is 6.31. The van der Waals surface area contributed by atoms with Crippen LogP contribution in [-0.4, -0.2) is 26.9 Å². The van der Waals surface area contributed by atoms with E-state index in [2.05, 4.69) is 15.3 Å². The Morgan fingerprint density at radius 2 is 1.92 bits per heavy atom. The van der Waals surface area contributed by atoms with Gasteiger partial charge in [0.15, 0.2) is 0 Å². The number of H-pyrrole nitrogens is 1. The van der Waals surface area contributed by atoms with Crippen molar-refractivity contribution in [1.29, 1.82) is 0 Å². The molecule has 120 valence electrons. The number of carbonyl (C=O) groups excluding carboxylic acids is 2. The summed E-state index contributed by atoms with van der Waals surface area (Å²) in [6.07, 6.45) is 3.66. The third kappa shape index (κ3) is 1.56. The van der Waals surface area contributed by atoms with Crippen molar-refractivity contribution in [3.63, 3.8) is 0 Å². The molecule has 24 heavy (non-hydrogen) atoms. The molecule has 0 saturated heterocycles. The fourth-order valence-corrected chi connectivity index (χ4v) is 4.08. The SMILES string of the molecule is CC(O)c1cnc2[nH]c3c4c(c5c(c3c2c1)C(=O)NC5=O)CCC4. The van der Waals surface area contributed by atoms with Crippen LogP contribution in [0.25, 0.3) is 21.9 Å². The smallest absolute Gasteiger partial charge is 0.259 e. The quantitative estimate of drug-likeness (QED) is 0.598. The standard InChI is InChI=1S/C18H15N3O3/c1-7(22)8-5-11-12-14-13(17(23)21-18(14)24)9-3-2-4-10(9)15(12)20-16(11)19-6-8/h5-7,22H,2-4H2,1H3,(H,19,20)(H,21,23,24). The molecule has 1 aliphatic carbocycles. The molecule has 0 fully saturated rings. The first kappa shape index (κ1) is 13.7. The van der Waals surface area contributed by atoms with Crippen LogP contribution in [0.1, 0.15) is 56.9 Å². The van der Waals surface area contributed by atoms with Crippen LogP contribution in [0, 0.1) is 0 Å². The number of pyridine rings is 1. The highest BCUT2D eigenvalue weighted by Crippen LogP contribution is 2.41. The third-order valence-corrected chi connectivity index (χ3v) is 5.16. The second-order valence-electron chi connectivity index (χ2n) is 6.56. The van der Waals surface area contributed by atoms with Crippen LogP contribution >= 0.6 is 0 Å². The van der Waals surface area contributed by atoms with Crippen LogP contribution in [0.4, 0.5) is 0 Å². The third-order valence-electron chi connectivity index (χ3n) is 5.16. The Hall–Kier alpha value is -2.73. The minimum atomic E-state index is -0.648. The van der Waals surface area contributed by atoms with Crippen LogP contribution in [0.5, 0.6) is 0 Å². The molecule has 3 aromatic rings. The van der Waals surface area contributed by atoms with E-state index in [4.69, 9.17) is 0 Å². The Labute approximate surface area is 136 Å². The van der Waals surface area contributed by atoms with Gasteiger partial charge in [-0.25, -0.2) is 4.98 Å². The lowest BCUT2D eigenvalue weighted by molar-refractivity contribution is 0.0880. The molecule has 0 bridgehead atoms. The van der Waals surface area contributed by atoms with Gasteiger partial charge in [0, 0.05) is 17.0 Å². The molecule has 6 nitrogen and oxygen atoms in total. The molecule has 2 aromatic heterocycles. The van der Waals surface area contributed by atoms with Crippen molar-refractivity contribution in [3.05, 3.63) is 40.1 Å². The molecule has 1 unspecified atom stereocenters. The lowest BCUT2D eigenvalue weighted by Crippen LogP contribution is -2.20. The van der Waals surface area contributed by atoms with E-state index in [9.17, 15) is 14.7 Å². The van der Waals surface area contributed by atoms with Gasteiger partial charge in [-0.1, -0.05) is 0 Å². The zero-order chi connectivity index (χ0) is 16.6. The maximum atomic E-state index is 12.4. The van der Waals surface area contributed by atoms with Crippen LogP contribution in [0.15, 0.2) is 12.3 Å². The molecule has 0 radical (unpaired) electrons. The summed E-state index contributed by atoms with van der Waals surface area (Å²) in [7, 11) is 0. The first-order valence-corrected chi connectivity index (χ1v) is 8.09. The Morgan fingerprint density at radius 1 is 1.17 bits per heavy atom. The Balaban J connectivity index is 2.01. The van der Waals surface area contributed by atoms with E-state index in [0.29, 0.717) is 22.3 Å². The number of fused-ring (bicyclic) bond motifs is 8. The molecular weight excluding hydrogens is 306 g/mol. The number of carbonyl (C=O) groups is 2. The van der Waals surface area contributed by atoms with Crippen LogP contribution in [0.3, 0.4) is 0 Å². The van der Waals surface area contributed by atoms with E-state index >= 15 is 0 Å². The van der Waals surface area contributed by atoms with Gasteiger partial charge in [-0.15, -0.1) is 0 Å². The Bertz CT molecular complexity index is 1080. The summed E-state index contributed by atoms with van der Waals surface area (Å²) in [5.41, 5.74) is 5.34. The van der Waals surface area contributed by atoms with Crippen molar-refractivity contribution in [2.24, 2.45) is 0 Å². The summed E-state index contributed by atoms with van der Waals surface area (Å²) in [4.78, 5) is 32.5. The molecule has 2 aliphatic rings. The highest BCUT2D eigenvalue weighted by Gasteiger charge is 2.36. The molecule has 5 rings (SSSR count). The number of aromatic nitrogens is 2. The minimum absolute atomic E-state index is 0.302. The molecule has 3 heterocycles. The van der Waals surface area contributed by atoms with Crippen molar-refractivity contribution in [2.45, 2.75) is 32.3 Å². The van der Waals surface area contributed by atoms with Crippen LogP contribution in [0.2, 0.25) is 0 Å². The molecule has 1 aromatic carbocycles. The summed E-state index contributed by atoms with van der Waals surface area (Å²) < 4.78 is 0. The molecule has 6 heteroatoms. The van der Waals surface area contributed by atoms with Gasteiger partial charge in [-0.05, 0) is 48.9 Å². The second-order valence-corrected chi connectivity index (χ2v) is 6.56. The maximum Gasteiger partial charge on any atom is 0.259 e. The fraction of sp³-hybridized carbons (Fsp3) is 0.278. The first-order chi connectivity index (χ1) is 11.6. The molecule has 0 saturated carbocycles. The number of hydrogen-bond donors (Lipinski definition) is 3. The van der Waals surface area contributed by atoms with Crippen molar-refractivity contribution in [2.75, 3.05) is 0 Å². The largest absolute Gasteiger partial charge is 0.389 e. The Kier molecular flexibility index (Phi) is 2.52. The van der Waals surface area contributed by atoms with Gasteiger partial charge in [0.2, 0.25) is 0 Å². The zero-order valence-corrected chi connectivity index (χ0v) is 13.1. The number of amides is 2. The molecule has 1 aliphatic heterocycles. The first-order valence-electron chi connectivity index (χ1n) is 8.09. The molecule has 2 amide bonds. The van der Waals surface area contributed by atoms with Crippen LogP contribution in [-0.2, 0) is 12.8 Å². The predicted octanol–water partition coefficient (Wildman–Crippen LogP) is 2.14. The zero-order valence-electron chi connectivity index (χ0n) is 13.1. The minimum Gasteiger partial charge on any atom is -0.389 e. The maximum absolute atomic E-state index is 12.4. The van der Waals surface area contributed by atoms with Gasteiger partial charge < -0.3 is 10.1 Å². The summed E-state index contributed by atoms with van der Waals surface area (Å²) in [6.45, 7) is 1.68. The van der Waals surface area contributed by atoms with E-state index in [1.807, 2.05) is 6.07 Å². The lowest BCUT2D eigenvalue weighted by Gasteiger charge is -2.08. The summed E-state index contributed by atoms with van der Waals surface area (Å²) in [5.74, 6) is -0.651. The highest BCUT2D eigenvalue weighted by atomic mass is 16.3. The van der Waals surface area contributed by atoms with E-state index in [1.54, 1.807) is 13.1 Å². The average Bonchev–Trinajstić information content (AvgIpc) is 3.22. The number of nitrogens with one attached hydrogen (secondary N) is 2. The number of aryl methyl sites for hydroxylation is 1. The average molecular weight is 321 g/mol. The van der Waals surface area contributed by atoms with Gasteiger partial charge in [0.05, 0.1) is 22.7 Å². The second kappa shape index (κ2) is 4.42. The van der Waals surface area contributed by atoms with Crippen molar-refractivity contribution in [1.82, 2.24) is 15.3 Å². The van der Waals surface area contributed by atoms with E-state index < -0.39 is 6.10 Å². The van der Waals surface area contributed by atoms with Crippen molar-refractivity contribution >= 4 is 33.8 Å². The van der Waals surface area contributed by atoms with Gasteiger partial charge in [-0.2, -0.15) is 0 Å². The number of aliphatic hydroxyl groups excluding tert-OH is 1. The topological polar surface area (TPSA) is 95.1 Å². The van der Waals surface area contributed by atoms with Crippen molar-refractivity contribution in [3.8, 4) is 0 Å². The normalized spacial score (nSPS) is 17.4. The van der Waals surface area contributed by atoms with Crippen LogP contribution < -0.4 is 5.32 Å². The number of nitrogens with zero attached hydrogens (tertiary/aromatic N) is 1. The number of aliphatic hydroxyl groups is 1. The van der Waals surface area contributed by atoms with Gasteiger partial charge in [0.25, 0.3) is 11.8 Å². The summed E-state index contributed by atoms with van der Waals surface area (Å²) >= 11 is 0. The summed E-state index contributed by atoms with van der Waals surface area (Å²) in [6, 6.07) is 1.85. The van der Waals surface area contributed by atoms with Gasteiger partial charge in [-0.3, -0.25) is 14.9 Å². The number of benzene rings is 1. The predicted molar refractivity (Wildman–Crippen MR) is 88.1 cm³/mol. The molecule has 3 N–H and O–H groups in total. The number of aromatic amines is 1. The van der Waals surface area contributed by atoms with E-state index in [-0.39, 0.29) is 11.8 Å². The lowest BCUT2D eigenvalue weighted by atomic mass is 9.93. The summed E-state index contributed by atoms with van der Waals surface area (Å²) in [5, 5.41) is 13.8. The number of rotatable bonds is 1. The van der Waals surface area contributed by atoms with E-state index in [1.165, 1.54) is 0 Å². The number of hydrogen-bond acceptors (Lipinski definition) is 4.